The Hall–Kier alpha value is -3.13. The fourth-order valence-electron chi connectivity index (χ4n) is 2.30. The van der Waals surface area contributed by atoms with Gasteiger partial charge in [-0.05, 0) is 30.7 Å². The molecule has 0 aliphatic heterocycles. The number of anilines is 1. The van der Waals surface area contributed by atoms with E-state index in [1.807, 2.05) is 41.8 Å². The number of hydrogen-bond donors (Lipinski definition) is 2. The molecule has 26 heavy (non-hydrogen) atoms. The van der Waals surface area contributed by atoms with Crippen molar-refractivity contribution in [2.24, 2.45) is 0 Å². The number of thioether (sulfide) groups is 1. The standard InChI is InChI=1S/C18H17N5O2S/c1-13-7-5-6-10-15(13)23-12-19-22-18(23)26-11-16(24)21-17(25)20-14-8-3-2-4-9-14/h2-10,12H,11H2,1H3,(H2,20,21,24,25). The van der Waals surface area contributed by atoms with E-state index < -0.39 is 11.9 Å². The Morgan fingerprint density at radius 1 is 1.08 bits per heavy atom. The van der Waals surface area contributed by atoms with E-state index in [1.54, 1.807) is 30.6 Å². The molecule has 0 saturated carbocycles. The summed E-state index contributed by atoms with van der Waals surface area (Å²) in [5, 5.41) is 13.4. The van der Waals surface area contributed by atoms with Gasteiger partial charge in [0.25, 0.3) is 0 Å². The predicted molar refractivity (Wildman–Crippen MR) is 100 cm³/mol. The number of amides is 3. The molecule has 0 aliphatic carbocycles. The van der Waals surface area contributed by atoms with E-state index in [0.29, 0.717) is 10.8 Å². The zero-order valence-electron chi connectivity index (χ0n) is 14.0. The van der Waals surface area contributed by atoms with Crippen molar-refractivity contribution in [3.8, 4) is 5.69 Å². The van der Waals surface area contributed by atoms with E-state index in [9.17, 15) is 9.59 Å². The lowest BCUT2D eigenvalue weighted by molar-refractivity contribution is -0.117. The lowest BCUT2D eigenvalue weighted by atomic mass is 10.2. The third-order valence-electron chi connectivity index (χ3n) is 3.51. The van der Waals surface area contributed by atoms with Gasteiger partial charge in [0.05, 0.1) is 11.4 Å². The van der Waals surface area contributed by atoms with Gasteiger partial charge < -0.3 is 5.32 Å². The maximum Gasteiger partial charge on any atom is 0.325 e. The summed E-state index contributed by atoms with van der Waals surface area (Å²) in [6, 6.07) is 16.2. The Morgan fingerprint density at radius 2 is 1.81 bits per heavy atom. The van der Waals surface area contributed by atoms with Crippen LogP contribution in [0.2, 0.25) is 0 Å². The molecule has 7 nitrogen and oxygen atoms in total. The molecule has 3 aromatic rings. The van der Waals surface area contributed by atoms with Crippen LogP contribution in [0.15, 0.2) is 66.1 Å². The molecule has 8 heteroatoms. The number of carbonyl (C=O) groups excluding carboxylic acids is 2. The molecule has 0 fully saturated rings. The predicted octanol–water partition coefficient (Wildman–Crippen LogP) is 3.02. The first-order chi connectivity index (χ1) is 12.6. The van der Waals surface area contributed by atoms with Crippen LogP contribution in [-0.4, -0.2) is 32.5 Å². The van der Waals surface area contributed by atoms with Crippen LogP contribution in [0, 0.1) is 6.92 Å². The number of carbonyl (C=O) groups is 2. The highest BCUT2D eigenvalue weighted by Gasteiger charge is 2.13. The molecule has 0 saturated heterocycles. The molecule has 132 valence electrons. The molecule has 0 atom stereocenters. The van der Waals surface area contributed by atoms with Crippen LogP contribution in [0.3, 0.4) is 0 Å². The third-order valence-corrected chi connectivity index (χ3v) is 4.45. The third kappa shape index (κ3) is 4.48. The summed E-state index contributed by atoms with van der Waals surface area (Å²) in [5.41, 5.74) is 2.63. The van der Waals surface area contributed by atoms with E-state index in [0.717, 1.165) is 11.3 Å². The Kier molecular flexibility index (Phi) is 5.65. The molecule has 1 heterocycles. The topological polar surface area (TPSA) is 88.9 Å². The van der Waals surface area contributed by atoms with Crippen molar-refractivity contribution in [2.45, 2.75) is 12.1 Å². The summed E-state index contributed by atoms with van der Waals surface area (Å²) >= 11 is 1.21. The van der Waals surface area contributed by atoms with Gasteiger partial charge in [0.2, 0.25) is 5.91 Å². The zero-order chi connectivity index (χ0) is 18.4. The SMILES string of the molecule is Cc1ccccc1-n1cnnc1SCC(=O)NC(=O)Nc1ccccc1. The minimum Gasteiger partial charge on any atom is -0.308 e. The number of para-hydroxylation sites is 2. The van der Waals surface area contributed by atoms with E-state index in [2.05, 4.69) is 20.8 Å². The number of aryl methyl sites for hydroxylation is 1. The van der Waals surface area contributed by atoms with Gasteiger partial charge >= 0.3 is 6.03 Å². The molecule has 0 spiro atoms. The number of aromatic nitrogens is 3. The summed E-state index contributed by atoms with van der Waals surface area (Å²) in [6.07, 6.45) is 1.60. The second-order valence-corrected chi connectivity index (χ2v) is 6.37. The molecule has 3 rings (SSSR count). The number of nitrogens with one attached hydrogen (secondary N) is 2. The molecule has 1 aromatic heterocycles. The average Bonchev–Trinajstić information content (AvgIpc) is 3.09. The smallest absolute Gasteiger partial charge is 0.308 e. The first-order valence-corrected chi connectivity index (χ1v) is 8.87. The van der Waals surface area contributed by atoms with Crippen molar-refractivity contribution in [2.75, 3.05) is 11.1 Å². The molecule has 0 radical (unpaired) electrons. The van der Waals surface area contributed by atoms with Crippen molar-refractivity contribution >= 4 is 29.4 Å². The highest BCUT2D eigenvalue weighted by molar-refractivity contribution is 7.99. The van der Waals surface area contributed by atoms with Gasteiger partial charge in [-0.1, -0.05) is 48.2 Å². The second kappa shape index (κ2) is 8.30. The molecular formula is C18H17N5O2S. The van der Waals surface area contributed by atoms with E-state index in [1.165, 1.54) is 11.8 Å². The molecule has 2 N–H and O–H groups in total. The number of benzene rings is 2. The van der Waals surface area contributed by atoms with Crippen LogP contribution < -0.4 is 10.6 Å². The first-order valence-electron chi connectivity index (χ1n) is 7.88. The lowest BCUT2D eigenvalue weighted by Gasteiger charge is -2.09. The first kappa shape index (κ1) is 17.7. The Balaban J connectivity index is 1.56. The minimum absolute atomic E-state index is 0.0484. The highest BCUT2D eigenvalue weighted by atomic mass is 32.2. The zero-order valence-corrected chi connectivity index (χ0v) is 14.9. The van der Waals surface area contributed by atoms with Crippen molar-refractivity contribution in [3.63, 3.8) is 0 Å². The molecule has 3 amide bonds. The van der Waals surface area contributed by atoms with Gasteiger partial charge in [0, 0.05) is 5.69 Å². The van der Waals surface area contributed by atoms with Gasteiger partial charge in [0.1, 0.15) is 6.33 Å². The number of nitrogens with zero attached hydrogens (tertiary/aromatic N) is 3. The molecule has 0 bridgehead atoms. The van der Waals surface area contributed by atoms with Crippen LogP contribution in [0.1, 0.15) is 5.56 Å². The molecular weight excluding hydrogens is 350 g/mol. The van der Waals surface area contributed by atoms with Crippen LogP contribution in [0.5, 0.6) is 0 Å². The maximum absolute atomic E-state index is 12.0. The van der Waals surface area contributed by atoms with Crippen LogP contribution in [0.4, 0.5) is 10.5 Å². The van der Waals surface area contributed by atoms with Crippen LogP contribution in [0.25, 0.3) is 5.69 Å². The summed E-state index contributed by atoms with van der Waals surface area (Å²) in [6.45, 7) is 1.99. The number of imide groups is 1. The normalized spacial score (nSPS) is 10.3. The summed E-state index contributed by atoms with van der Waals surface area (Å²) < 4.78 is 1.82. The van der Waals surface area contributed by atoms with E-state index in [-0.39, 0.29) is 5.75 Å². The van der Waals surface area contributed by atoms with Crippen LogP contribution >= 0.6 is 11.8 Å². The lowest BCUT2D eigenvalue weighted by Crippen LogP contribution is -2.35. The van der Waals surface area contributed by atoms with Gasteiger partial charge in [-0.25, -0.2) is 4.79 Å². The Labute approximate surface area is 154 Å². The van der Waals surface area contributed by atoms with Crippen molar-refractivity contribution in [1.82, 2.24) is 20.1 Å². The molecule has 2 aromatic carbocycles. The van der Waals surface area contributed by atoms with Crippen molar-refractivity contribution in [3.05, 3.63) is 66.5 Å². The van der Waals surface area contributed by atoms with E-state index >= 15 is 0 Å². The number of hydrogen-bond acceptors (Lipinski definition) is 5. The Bertz CT molecular complexity index is 911. The number of urea groups is 1. The summed E-state index contributed by atoms with van der Waals surface area (Å²) in [7, 11) is 0. The van der Waals surface area contributed by atoms with Crippen molar-refractivity contribution < 1.29 is 9.59 Å². The van der Waals surface area contributed by atoms with Crippen molar-refractivity contribution in [1.29, 1.82) is 0 Å². The molecule has 0 aliphatic rings. The fraction of sp³-hybridized carbons (Fsp3) is 0.111. The van der Waals surface area contributed by atoms with Gasteiger partial charge in [-0.3, -0.25) is 14.7 Å². The summed E-state index contributed by atoms with van der Waals surface area (Å²) in [5.74, 6) is -0.366. The summed E-state index contributed by atoms with van der Waals surface area (Å²) in [4.78, 5) is 23.8. The fourth-order valence-corrected chi connectivity index (χ4v) is 3.02. The molecule has 0 unspecified atom stereocenters. The van der Waals surface area contributed by atoms with Gasteiger partial charge in [-0.2, -0.15) is 0 Å². The maximum atomic E-state index is 12.0. The minimum atomic E-state index is -0.567. The van der Waals surface area contributed by atoms with Gasteiger partial charge in [-0.15, -0.1) is 10.2 Å². The monoisotopic (exact) mass is 367 g/mol. The van der Waals surface area contributed by atoms with Crippen LogP contribution in [-0.2, 0) is 4.79 Å². The highest BCUT2D eigenvalue weighted by Crippen LogP contribution is 2.21. The number of rotatable bonds is 5. The quantitative estimate of drug-likeness (QED) is 0.677. The largest absolute Gasteiger partial charge is 0.325 e. The average molecular weight is 367 g/mol. The van der Waals surface area contributed by atoms with Gasteiger partial charge in [0.15, 0.2) is 5.16 Å². The Morgan fingerprint density at radius 3 is 2.58 bits per heavy atom. The van der Waals surface area contributed by atoms with E-state index in [4.69, 9.17) is 0 Å². The second-order valence-electron chi connectivity index (χ2n) is 5.43.